The second-order valence-corrected chi connectivity index (χ2v) is 4.13. The van der Waals surface area contributed by atoms with Gasteiger partial charge in [0.25, 0.3) is 0 Å². The van der Waals surface area contributed by atoms with Crippen LogP contribution in [0.2, 0.25) is 0 Å². The second kappa shape index (κ2) is 6.89. The van der Waals surface area contributed by atoms with Gasteiger partial charge in [-0.2, -0.15) is 0 Å². The van der Waals surface area contributed by atoms with Crippen molar-refractivity contribution in [3.63, 3.8) is 0 Å². The van der Waals surface area contributed by atoms with Crippen LogP contribution in [-0.2, 0) is 11.2 Å². The van der Waals surface area contributed by atoms with Crippen molar-refractivity contribution in [1.82, 2.24) is 0 Å². The largest absolute Gasteiger partial charge is 0.481 e. The van der Waals surface area contributed by atoms with Crippen LogP contribution < -0.4 is 0 Å². The number of carboxylic acid groups (broad SMARTS) is 1. The highest BCUT2D eigenvalue weighted by Gasteiger charge is 2.02. The Morgan fingerprint density at radius 2 is 1.88 bits per heavy atom. The van der Waals surface area contributed by atoms with Crippen LogP contribution in [0.4, 0.5) is 0 Å². The summed E-state index contributed by atoms with van der Waals surface area (Å²) in [7, 11) is 0. The van der Waals surface area contributed by atoms with Crippen molar-refractivity contribution >= 4 is 11.5 Å². The summed E-state index contributed by atoms with van der Waals surface area (Å²) in [5.41, 5.74) is 3.59. The zero-order valence-corrected chi connectivity index (χ0v) is 10.6. The lowest BCUT2D eigenvalue weighted by Gasteiger charge is -2.07. The smallest absolute Gasteiger partial charge is 0.307 e. The molecule has 0 spiro atoms. The summed E-state index contributed by atoms with van der Waals surface area (Å²) in [6, 6.07) is 8.39. The molecule has 0 saturated carbocycles. The minimum Gasteiger partial charge on any atom is -0.481 e. The van der Waals surface area contributed by atoms with Crippen molar-refractivity contribution in [2.45, 2.75) is 39.5 Å². The third-order valence-corrected chi connectivity index (χ3v) is 2.78. The monoisotopic (exact) mass is 232 g/mol. The predicted octanol–water partition coefficient (Wildman–Crippen LogP) is 3.91. The van der Waals surface area contributed by atoms with E-state index >= 15 is 0 Å². The van der Waals surface area contributed by atoms with E-state index < -0.39 is 5.97 Å². The van der Waals surface area contributed by atoms with Crippen molar-refractivity contribution in [2.75, 3.05) is 0 Å². The molecule has 92 valence electrons. The average Bonchev–Trinajstić information content (AvgIpc) is 2.34. The quantitative estimate of drug-likeness (QED) is 0.807. The van der Waals surface area contributed by atoms with Crippen LogP contribution in [0.3, 0.4) is 0 Å². The van der Waals surface area contributed by atoms with Gasteiger partial charge in [-0.15, -0.1) is 0 Å². The van der Waals surface area contributed by atoms with E-state index in [4.69, 9.17) is 5.11 Å². The van der Waals surface area contributed by atoms with Gasteiger partial charge in [-0.1, -0.05) is 50.6 Å². The fraction of sp³-hybridized carbons (Fsp3) is 0.400. The van der Waals surface area contributed by atoms with Crippen LogP contribution in [0.25, 0.3) is 5.57 Å². The topological polar surface area (TPSA) is 37.3 Å². The molecule has 0 heterocycles. The van der Waals surface area contributed by atoms with Gasteiger partial charge in [0.1, 0.15) is 0 Å². The van der Waals surface area contributed by atoms with Crippen molar-refractivity contribution in [3.05, 3.63) is 41.5 Å². The van der Waals surface area contributed by atoms with Gasteiger partial charge in [-0.05, 0) is 29.5 Å². The van der Waals surface area contributed by atoms with Crippen LogP contribution in [-0.4, -0.2) is 11.1 Å². The molecule has 0 saturated heterocycles. The zero-order chi connectivity index (χ0) is 12.7. The van der Waals surface area contributed by atoms with Gasteiger partial charge in [0.15, 0.2) is 0 Å². The third-order valence-electron chi connectivity index (χ3n) is 2.78. The van der Waals surface area contributed by atoms with Crippen LogP contribution in [0.5, 0.6) is 0 Å². The van der Waals surface area contributed by atoms with E-state index in [1.165, 1.54) is 5.56 Å². The molecule has 2 heteroatoms. The van der Waals surface area contributed by atoms with Gasteiger partial charge in [0.2, 0.25) is 0 Å². The Labute approximate surface area is 103 Å². The number of benzene rings is 1. The average molecular weight is 232 g/mol. The Bertz CT molecular complexity index is 388. The van der Waals surface area contributed by atoms with Gasteiger partial charge in [0, 0.05) is 0 Å². The van der Waals surface area contributed by atoms with Crippen molar-refractivity contribution in [1.29, 1.82) is 0 Å². The molecule has 0 aromatic heterocycles. The number of carboxylic acids is 1. The Kier molecular flexibility index (Phi) is 5.47. The summed E-state index contributed by atoms with van der Waals surface area (Å²) in [5, 5.41) is 8.72. The van der Waals surface area contributed by atoms with Crippen LogP contribution in [0.1, 0.15) is 44.2 Å². The van der Waals surface area contributed by atoms with E-state index in [0.29, 0.717) is 0 Å². The number of aryl methyl sites for hydroxylation is 1. The van der Waals surface area contributed by atoms with E-state index in [9.17, 15) is 4.79 Å². The lowest BCUT2D eigenvalue weighted by molar-refractivity contribution is -0.135. The van der Waals surface area contributed by atoms with E-state index in [0.717, 1.165) is 30.4 Å². The molecule has 0 atom stereocenters. The Morgan fingerprint density at radius 3 is 2.35 bits per heavy atom. The van der Waals surface area contributed by atoms with Crippen LogP contribution in [0.15, 0.2) is 30.3 Å². The number of allylic oxidation sites excluding steroid dienone is 1. The molecule has 1 N–H and O–H groups in total. The molecule has 0 aliphatic rings. The summed E-state index contributed by atoms with van der Waals surface area (Å²) in [6.45, 7) is 4.23. The maximum Gasteiger partial charge on any atom is 0.307 e. The molecule has 0 aliphatic heterocycles. The van der Waals surface area contributed by atoms with Crippen molar-refractivity contribution in [2.24, 2.45) is 0 Å². The number of rotatable bonds is 6. The molecule has 1 rings (SSSR count). The van der Waals surface area contributed by atoms with E-state index in [2.05, 4.69) is 38.1 Å². The first-order valence-electron chi connectivity index (χ1n) is 6.17. The first-order chi connectivity index (χ1) is 8.17. The minimum absolute atomic E-state index is 0.102. The number of aliphatic carboxylic acids is 1. The molecule has 0 bridgehead atoms. The molecule has 0 unspecified atom stereocenters. The first kappa shape index (κ1) is 13.5. The fourth-order valence-electron chi connectivity index (χ4n) is 1.80. The minimum atomic E-state index is -0.774. The Morgan fingerprint density at radius 1 is 1.24 bits per heavy atom. The lowest BCUT2D eigenvalue weighted by atomic mass is 9.98. The van der Waals surface area contributed by atoms with E-state index in [1.807, 2.05) is 6.08 Å². The summed E-state index contributed by atoms with van der Waals surface area (Å²) >= 11 is 0. The van der Waals surface area contributed by atoms with E-state index in [1.54, 1.807) is 0 Å². The summed E-state index contributed by atoms with van der Waals surface area (Å²) < 4.78 is 0. The number of hydrogen-bond donors (Lipinski definition) is 1. The summed E-state index contributed by atoms with van der Waals surface area (Å²) in [5.74, 6) is -0.774. The predicted molar refractivity (Wildman–Crippen MR) is 71.0 cm³/mol. The van der Waals surface area contributed by atoms with Crippen molar-refractivity contribution in [3.8, 4) is 0 Å². The summed E-state index contributed by atoms with van der Waals surface area (Å²) in [4.78, 5) is 10.6. The highest BCUT2D eigenvalue weighted by molar-refractivity contribution is 5.74. The van der Waals surface area contributed by atoms with Crippen LogP contribution in [0, 0.1) is 0 Å². The van der Waals surface area contributed by atoms with Gasteiger partial charge >= 0.3 is 5.97 Å². The normalized spacial score (nSPS) is 11.5. The number of hydrogen-bond acceptors (Lipinski definition) is 1. The molecule has 0 fully saturated rings. The highest BCUT2D eigenvalue weighted by atomic mass is 16.4. The molecule has 17 heavy (non-hydrogen) atoms. The maximum atomic E-state index is 10.6. The molecule has 0 amide bonds. The van der Waals surface area contributed by atoms with Crippen molar-refractivity contribution < 1.29 is 9.90 Å². The Balaban J connectivity index is 2.88. The third kappa shape index (κ3) is 4.43. The number of carbonyl (C=O) groups is 1. The molecule has 1 aromatic carbocycles. The van der Waals surface area contributed by atoms with E-state index in [-0.39, 0.29) is 6.42 Å². The Hall–Kier alpha value is -1.57. The standard InChI is InChI=1S/C15H20O2/c1-3-5-13(10-11-15(16)17)14-8-6-12(4-2)7-9-14/h6-10H,3-5,11H2,1-2H3,(H,16,17)/b13-10+. The molecular weight excluding hydrogens is 212 g/mol. The zero-order valence-electron chi connectivity index (χ0n) is 10.6. The fourth-order valence-corrected chi connectivity index (χ4v) is 1.80. The first-order valence-corrected chi connectivity index (χ1v) is 6.17. The molecular formula is C15H20O2. The maximum absolute atomic E-state index is 10.6. The van der Waals surface area contributed by atoms with Gasteiger partial charge in [-0.3, -0.25) is 4.79 Å². The molecule has 0 radical (unpaired) electrons. The highest BCUT2D eigenvalue weighted by Crippen LogP contribution is 2.21. The van der Waals surface area contributed by atoms with Crippen LogP contribution >= 0.6 is 0 Å². The summed E-state index contributed by atoms with van der Waals surface area (Å²) in [6.07, 6.45) is 4.92. The SMILES string of the molecule is CCC/C(=C\CC(=O)O)c1ccc(CC)cc1. The van der Waals surface area contributed by atoms with Gasteiger partial charge < -0.3 is 5.11 Å². The second-order valence-electron chi connectivity index (χ2n) is 4.13. The lowest BCUT2D eigenvalue weighted by Crippen LogP contribution is -1.93. The molecule has 0 aliphatic carbocycles. The van der Waals surface area contributed by atoms with Gasteiger partial charge in [-0.25, -0.2) is 0 Å². The van der Waals surface area contributed by atoms with Gasteiger partial charge in [0.05, 0.1) is 6.42 Å². The molecule has 1 aromatic rings. The molecule has 2 nitrogen and oxygen atoms in total.